The predicted molar refractivity (Wildman–Crippen MR) is 59.5 cm³/mol. The maximum atomic E-state index is 11.7. The number of likely N-dealkylation sites (tertiary alicyclic amines) is 1. The third-order valence-electron chi connectivity index (χ3n) is 2.66. The van der Waals surface area contributed by atoms with Crippen molar-refractivity contribution in [1.82, 2.24) is 14.7 Å². The molecule has 0 bridgehead atoms. The summed E-state index contributed by atoms with van der Waals surface area (Å²) < 4.78 is 1.60. The van der Waals surface area contributed by atoms with Crippen LogP contribution in [0.5, 0.6) is 0 Å². The van der Waals surface area contributed by atoms with Gasteiger partial charge in [0.05, 0.1) is 18.3 Å². The summed E-state index contributed by atoms with van der Waals surface area (Å²) in [6, 6.07) is -0.209. The van der Waals surface area contributed by atoms with Crippen LogP contribution < -0.4 is 5.32 Å². The molecule has 0 aromatic carbocycles. The Morgan fingerprint density at radius 2 is 2.29 bits per heavy atom. The fourth-order valence-electron chi connectivity index (χ4n) is 1.80. The Labute approximate surface area is 98.0 Å². The highest BCUT2D eigenvalue weighted by atomic mass is 16.4. The highest BCUT2D eigenvalue weighted by Crippen LogP contribution is 2.20. The molecule has 2 N–H and O–H groups in total. The molecular formula is C10H14N4O3. The number of carbonyl (C=O) groups is 2. The average Bonchev–Trinajstić information content (AvgIpc) is 2.56. The van der Waals surface area contributed by atoms with Gasteiger partial charge in [-0.25, -0.2) is 4.79 Å². The highest BCUT2D eigenvalue weighted by Gasteiger charge is 2.32. The van der Waals surface area contributed by atoms with Crippen LogP contribution in [-0.4, -0.2) is 44.9 Å². The van der Waals surface area contributed by atoms with Crippen molar-refractivity contribution >= 4 is 17.7 Å². The van der Waals surface area contributed by atoms with Gasteiger partial charge in [-0.3, -0.25) is 9.48 Å². The zero-order valence-corrected chi connectivity index (χ0v) is 9.46. The molecule has 0 radical (unpaired) electrons. The summed E-state index contributed by atoms with van der Waals surface area (Å²) in [7, 11) is 1.77. The van der Waals surface area contributed by atoms with Gasteiger partial charge in [0.25, 0.3) is 0 Å². The zero-order chi connectivity index (χ0) is 12.4. The molecule has 0 atom stereocenters. The summed E-state index contributed by atoms with van der Waals surface area (Å²) in [5.74, 6) is -0.741. The largest absolute Gasteiger partial charge is 0.481 e. The van der Waals surface area contributed by atoms with Crippen LogP contribution in [0.1, 0.15) is 6.42 Å². The smallest absolute Gasteiger partial charge is 0.321 e. The van der Waals surface area contributed by atoms with E-state index in [2.05, 4.69) is 10.4 Å². The monoisotopic (exact) mass is 238 g/mol. The Bertz CT molecular complexity index is 437. The minimum atomic E-state index is -0.817. The van der Waals surface area contributed by atoms with Crippen molar-refractivity contribution in [2.45, 2.75) is 6.42 Å². The van der Waals surface area contributed by atoms with E-state index in [0.29, 0.717) is 18.8 Å². The van der Waals surface area contributed by atoms with Crippen LogP contribution >= 0.6 is 0 Å². The number of carbonyl (C=O) groups excluding carboxylic acids is 1. The van der Waals surface area contributed by atoms with Crippen LogP contribution in [0.3, 0.4) is 0 Å². The van der Waals surface area contributed by atoms with Crippen molar-refractivity contribution in [3.8, 4) is 0 Å². The molecule has 92 valence electrons. The molecule has 17 heavy (non-hydrogen) atoms. The van der Waals surface area contributed by atoms with E-state index in [1.54, 1.807) is 29.0 Å². The first-order valence-corrected chi connectivity index (χ1v) is 5.31. The summed E-state index contributed by atoms with van der Waals surface area (Å²) in [6.07, 6.45) is 3.38. The number of aromatic nitrogens is 2. The van der Waals surface area contributed by atoms with Gasteiger partial charge >= 0.3 is 12.0 Å². The van der Waals surface area contributed by atoms with Crippen LogP contribution in [0.4, 0.5) is 10.5 Å². The Morgan fingerprint density at radius 3 is 2.82 bits per heavy atom. The Kier molecular flexibility index (Phi) is 2.99. The molecule has 1 aliphatic heterocycles. The maximum absolute atomic E-state index is 11.7. The third kappa shape index (κ3) is 2.74. The van der Waals surface area contributed by atoms with Gasteiger partial charge in [0, 0.05) is 32.3 Å². The number of hydrogen-bond acceptors (Lipinski definition) is 3. The number of carboxylic acids is 1. The Morgan fingerprint density at radius 1 is 1.59 bits per heavy atom. The SMILES string of the molecule is Cn1cc(NC(=O)N2CC(CC(=O)O)C2)cn1. The Balaban J connectivity index is 1.78. The van der Waals surface area contributed by atoms with Crippen molar-refractivity contribution in [3.05, 3.63) is 12.4 Å². The molecular weight excluding hydrogens is 224 g/mol. The second-order valence-corrected chi connectivity index (χ2v) is 4.20. The number of nitrogens with zero attached hydrogens (tertiary/aromatic N) is 3. The molecule has 0 saturated carbocycles. The number of hydrogen-bond donors (Lipinski definition) is 2. The molecule has 0 unspecified atom stereocenters. The summed E-state index contributed by atoms with van der Waals surface area (Å²) in [6.45, 7) is 0.997. The van der Waals surface area contributed by atoms with E-state index in [9.17, 15) is 9.59 Å². The standard InChI is InChI=1S/C10H14N4O3/c1-13-6-8(3-11-13)12-10(17)14-4-7(5-14)2-9(15)16/h3,6-7H,2,4-5H2,1H3,(H,12,17)(H,15,16). The number of carboxylic acid groups (broad SMARTS) is 1. The van der Waals surface area contributed by atoms with E-state index in [-0.39, 0.29) is 18.4 Å². The first-order chi connectivity index (χ1) is 8.04. The van der Waals surface area contributed by atoms with Gasteiger partial charge in [-0.1, -0.05) is 0 Å². The van der Waals surface area contributed by atoms with Gasteiger partial charge in [-0.2, -0.15) is 5.10 Å². The molecule has 2 rings (SSSR count). The minimum absolute atomic E-state index is 0.0761. The highest BCUT2D eigenvalue weighted by molar-refractivity contribution is 5.89. The van der Waals surface area contributed by atoms with E-state index >= 15 is 0 Å². The molecule has 2 amide bonds. The first-order valence-electron chi connectivity index (χ1n) is 5.31. The predicted octanol–water partition coefficient (Wildman–Crippen LogP) is 0.358. The lowest BCUT2D eigenvalue weighted by atomic mass is 9.97. The fourth-order valence-corrected chi connectivity index (χ4v) is 1.80. The lowest BCUT2D eigenvalue weighted by Gasteiger charge is -2.38. The average molecular weight is 238 g/mol. The minimum Gasteiger partial charge on any atom is -0.481 e. The quantitative estimate of drug-likeness (QED) is 0.795. The van der Waals surface area contributed by atoms with Crippen molar-refractivity contribution in [3.63, 3.8) is 0 Å². The number of anilines is 1. The van der Waals surface area contributed by atoms with Crippen LogP contribution in [-0.2, 0) is 11.8 Å². The molecule has 1 saturated heterocycles. The number of aryl methyl sites for hydroxylation is 1. The Hall–Kier alpha value is -2.05. The van der Waals surface area contributed by atoms with Crippen molar-refractivity contribution in [2.24, 2.45) is 13.0 Å². The van der Waals surface area contributed by atoms with E-state index in [1.165, 1.54) is 0 Å². The van der Waals surface area contributed by atoms with Crippen molar-refractivity contribution in [1.29, 1.82) is 0 Å². The van der Waals surface area contributed by atoms with Gasteiger partial charge in [0.1, 0.15) is 0 Å². The van der Waals surface area contributed by atoms with E-state index in [0.717, 1.165) is 0 Å². The third-order valence-corrected chi connectivity index (χ3v) is 2.66. The van der Waals surface area contributed by atoms with E-state index in [1.807, 2.05) is 0 Å². The van der Waals surface area contributed by atoms with E-state index < -0.39 is 5.97 Å². The van der Waals surface area contributed by atoms with Crippen LogP contribution in [0, 0.1) is 5.92 Å². The lowest BCUT2D eigenvalue weighted by molar-refractivity contribution is -0.139. The zero-order valence-electron chi connectivity index (χ0n) is 9.46. The van der Waals surface area contributed by atoms with Gasteiger partial charge in [0.15, 0.2) is 0 Å². The number of aliphatic carboxylic acids is 1. The number of rotatable bonds is 3. The molecule has 2 heterocycles. The number of nitrogens with one attached hydrogen (secondary N) is 1. The summed E-state index contributed by atoms with van der Waals surface area (Å²) in [5, 5.41) is 15.2. The molecule has 0 aliphatic carbocycles. The number of amides is 2. The van der Waals surface area contributed by atoms with Crippen LogP contribution in [0.25, 0.3) is 0 Å². The van der Waals surface area contributed by atoms with E-state index in [4.69, 9.17) is 5.11 Å². The maximum Gasteiger partial charge on any atom is 0.321 e. The van der Waals surface area contributed by atoms with Gasteiger partial charge in [-0.05, 0) is 0 Å². The molecule has 1 aliphatic rings. The van der Waals surface area contributed by atoms with Crippen LogP contribution in [0.15, 0.2) is 12.4 Å². The molecule has 0 spiro atoms. The fraction of sp³-hybridized carbons (Fsp3) is 0.500. The summed E-state index contributed by atoms with van der Waals surface area (Å²) in [5.41, 5.74) is 0.638. The van der Waals surface area contributed by atoms with Crippen LogP contribution in [0.2, 0.25) is 0 Å². The molecule has 1 aromatic heterocycles. The topological polar surface area (TPSA) is 87.5 Å². The summed E-state index contributed by atoms with van der Waals surface area (Å²) >= 11 is 0. The molecule has 7 nitrogen and oxygen atoms in total. The molecule has 1 fully saturated rings. The second kappa shape index (κ2) is 4.44. The van der Waals surface area contributed by atoms with Gasteiger partial charge in [-0.15, -0.1) is 0 Å². The summed E-state index contributed by atoms with van der Waals surface area (Å²) in [4.78, 5) is 23.7. The lowest BCUT2D eigenvalue weighted by Crippen LogP contribution is -2.52. The molecule has 7 heteroatoms. The number of urea groups is 1. The first kappa shape index (κ1) is 11.4. The second-order valence-electron chi connectivity index (χ2n) is 4.20. The van der Waals surface area contributed by atoms with Gasteiger partial charge in [0.2, 0.25) is 0 Å². The van der Waals surface area contributed by atoms with Gasteiger partial charge < -0.3 is 15.3 Å². The normalized spacial score (nSPS) is 15.5. The van der Waals surface area contributed by atoms with Crippen molar-refractivity contribution in [2.75, 3.05) is 18.4 Å². The van der Waals surface area contributed by atoms with Crippen molar-refractivity contribution < 1.29 is 14.7 Å². The molecule has 1 aromatic rings.